The van der Waals surface area contributed by atoms with E-state index in [1.165, 1.54) is 38.6 Å². The SMILES string of the molecule is COC1(CNCC2CC2)CCC1. The van der Waals surface area contributed by atoms with E-state index in [1.54, 1.807) is 0 Å². The standard InChI is InChI=1S/C10H19NO/c1-12-10(5-2-6-10)8-11-7-9-3-4-9/h9,11H,2-8H2,1H3. The van der Waals surface area contributed by atoms with Crippen LogP contribution in [0.5, 0.6) is 0 Å². The van der Waals surface area contributed by atoms with E-state index in [4.69, 9.17) is 4.74 Å². The molecule has 0 aromatic carbocycles. The molecule has 2 fully saturated rings. The molecule has 0 unspecified atom stereocenters. The van der Waals surface area contributed by atoms with Gasteiger partial charge in [0.25, 0.3) is 0 Å². The van der Waals surface area contributed by atoms with E-state index in [0.29, 0.717) is 0 Å². The Bertz CT molecular complexity index is 144. The maximum atomic E-state index is 5.51. The summed E-state index contributed by atoms with van der Waals surface area (Å²) in [6, 6.07) is 0. The van der Waals surface area contributed by atoms with Gasteiger partial charge in [0.2, 0.25) is 0 Å². The van der Waals surface area contributed by atoms with E-state index in [-0.39, 0.29) is 5.60 Å². The molecule has 1 N–H and O–H groups in total. The van der Waals surface area contributed by atoms with Gasteiger partial charge in [0.1, 0.15) is 0 Å². The Labute approximate surface area is 74.7 Å². The molecule has 2 rings (SSSR count). The first-order valence-corrected chi connectivity index (χ1v) is 5.10. The van der Waals surface area contributed by atoms with Crippen LogP contribution in [0, 0.1) is 5.92 Å². The molecule has 2 nitrogen and oxygen atoms in total. The fraction of sp³-hybridized carbons (Fsp3) is 1.00. The van der Waals surface area contributed by atoms with Crippen molar-refractivity contribution in [2.45, 2.75) is 37.7 Å². The van der Waals surface area contributed by atoms with Crippen molar-refractivity contribution < 1.29 is 4.74 Å². The molecule has 0 spiro atoms. The highest BCUT2D eigenvalue weighted by Crippen LogP contribution is 2.34. The molecule has 0 saturated heterocycles. The van der Waals surface area contributed by atoms with Crippen LogP contribution in [0.1, 0.15) is 32.1 Å². The average molecular weight is 169 g/mol. The summed E-state index contributed by atoms with van der Waals surface area (Å²) in [6.07, 6.45) is 6.72. The molecule has 2 saturated carbocycles. The lowest BCUT2D eigenvalue weighted by atomic mass is 9.80. The van der Waals surface area contributed by atoms with Crippen LogP contribution >= 0.6 is 0 Å². The summed E-state index contributed by atoms with van der Waals surface area (Å²) in [7, 11) is 1.85. The van der Waals surface area contributed by atoms with Gasteiger partial charge in [-0.3, -0.25) is 0 Å². The Balaban J connectivity index is 1.62. The lowest BCUT2D eigenvalue weighted by Crippen LogP contribution is -2.48. The maximum Gasteiger partial charge on any atom is 0.0802 e. The van der Waals surface area contributed by atoms with Crippen molar-refractivity contribution in [1.29, 1.82) is 0 Å². The van der Waals surface area contributed by atoms with Crippen LogP contribution in [0.15, 0.2) is 0 Å². The van der Waals surface area contributed by atoms with Crippen LogP contribution < -0.4 is 5.32 Å². The van der Waals surface area contributed by atoms with E-state index in [9.17, 15) is 0 Å². The Morgan fingerprint density at radius 1 is 1.42 bits per heavy atom. The van der Waals surface area contributed by atoms with Crippen molar-refractivity contribution >= 4 is 0 Å². The smallest absolute Gasteiger partial charge is 0.0802 e. The number of hydrogen-bond donors (Lipinski definition) is 1. The zero-order valence-electron chi connectivity index (χ0n) is 7.94. The monoisotopic (exact) mass is 169 g/mol. The minimum absolute atomic E-state index is 0.217. The van der Waals surface area contributed by atoms with Crippen molar-refractivity contribution in [2.24, 2.45) is 5.92 Å². The number of nitrogens with one attached hydrogen (secondary N) is 1. The highest BCUT2D eigenvalue weighted by atomic mass is 16.5. The van der Waals surface area contributed by atoms with Crippen LogP contribution in [0.25, 0.3) is 0 Å². The van der Waals surface area contributed by atoms with E-state index < -0.39 is 0 Å². The van der Waals surface area contributed by atoms with Gasteiger partial charge in [-0.1, -0.05) is 0 Å². The van der Waals surface area contributed by atoms with Crippen LogP contribution in [-0.4, -0.2) is 25.8 Å². The van der Waals surface area contributed by atoms with Gasteiger partial charge in [-0.25, -0.2) is 0 Å². The summed E-state index contributed by atoms with van der Waals surface area (Å²) in [5.41, 5.74) is 0.217. The Hall–Kier alpha value is -0.0800. The lowest BCUT2D eigenvalue weighted by molar-refractivity contribution is -0.0693. The average Bonchev–Trinajstić information content (AvgIpc) is 2.78. The van der Waals surface area contributed by atoms with Crippen LogP contribution in [0.4, 0.5) is 0 Å². The number of hydrogen-bond acceptors (Lipinski definition) is 2. The minimum atomic E-state index is 0.217. The Morgan fingerprint density at radius 2 is 2.17 bits per heavy atom. The molecule has 12 heavy (non-hydrogen) atoms. The predicted octanol–water partition coefficient (Wildman–Crippen LogP) is 1.56. The van der Waals surface area contributed by atoms with E-state index in [0.717, 1.165) is 12.5 Å². The quantitative estimate of drug-likeness (QED) is 0.674. The summed E-state index contributed by atoms with van der Waals surface area (Å²) in [5.74, 6) is 0.985. The molecule has 2 aliphatic carbocycles. The summed E-state index contributed by atoms with van der Waals surface area (Å²) in [6.45, 7) is 2.28. The first-order chi connectivity index (χ1) is 5.85. The molecule has 0 radical (unpaired) electrons. The normalized spacial score (nSPS) is 26.8. The molecule has 2 aliphatic rings. The van der Waals surface area contributed by atoms with Crippen molar-refractivity contribution in [1.82, 2.24) is 5.32 Å². The summed E-state index contributed by atoms with van der Waals surface area (Å²) < 4.78 is 5.51. The molecule has 70 valence electrons. The van der Waals surface area contributed by atoms with Crippen LogP contribution in [0.2, 0.25) is 0 Å². The predicted molar refractivity (Wildman–Crippen MR) is 49.2 cm³/mol. The van der Waals surface area contributed by atoms with Crippen molar-refractivity contribution in [3.05, 3.63) is 0 Å². The fourth-order valence-corrected chi connectivity index (χ4v) is 1.85. The number of ether oxygens (including phenoxy) is 1. The zero-order chi connectivity index (χ0) is 8.44. The zero-order valence-corrected chi connectivity index (χ0v) is 7.94. The van der Waals surface area contributed by atoms with Crippen LogP contribution in [0.3, 0.4) is 0 Å². The van der Waals surface area contributed by atoms with Gasteiger partial charge in [-0.15, -0.1) is 0 Å². The van der Waals surface area contributed by atoms with Gasteiger partial charge in [0.05, 0.1) is 5.60 Å². The topological polar surface area (TPSA) is 21.3 Å². The molecule has 0 amide bonds. The molecular formula is C10H19NO. The molecule has 0 bridgehead atoms. The van der Waals surface area contributed by atoms with Gasteiger partial charge in [-0.2, -0.15) is 0 Å². The van der Waals surface area contributed by atoms with E-state index in [2.05, 4.69) is 5.32 Å². The largest absolute Gasteiger partial charge is 0.377 e. The first-order valence-electron chi connectivity index (χ1n) is 5.10. The van der Waals surface area contributed by atoms with E-state index in [1.807, 2.05) is 7.11 Å². The first kappa shape index (κ1) is 8.52. The highest BCUT2D eigenvalue weighted by molar-refractivity contribution is 4.92. The fourth-order valence-electron chi connectivity index (χ4n) is 1.85. The van der Waals surface area contributed by atoms with Crippen molar-refractivity contribution in [3.8, 4) is 0 Å². The minimum Gasteiger partial charge on any atom is -0.377 e. The maximum absolute atomic E-state index is 5.51. The molecule has 0 aromatic heterocycles. The third kappa shape index (κ3) is 1.80. The van der Waals surface area contributed by atoms with Crippen molar-refractivity contribution in [2.75, 3.05) is 20.2 Å². The van der Waals surface area contributed by atoms with E-state index >= 15 is 0 Å². The molecule has 0 aromatic rings. The summed E-state index contributed by atoms with van der Waals surface area (Å²) in [4.78, 5) is 0. The van der Waals surface area contributed by atoms with Gasteiger partial charge in [0.15, 0.2) is 0 Å². The second-order valence-electron chi connectivity index (χ2n) is 4.31. The Kier molecular flexibility index (Phi) is 2.37. The Morgan fingerprint density at radius 3 is 2.58 bits per heavy atom. The van der Waals surface area contributed by atoms with Crippen molar-refractivity contribution in [3.63, 3.8) is 0 Å². The third-order valence-electron chi connectivity index (χ3n) is 3.27. The molecule has 0 heterocycles. The molecular weight excluding hydrogens is 150 g/mol. The lowest BCUT2D eigenvalue weighted by Gasteiger charge is -2.40. The molecule has 0 atom stereocenters. The van der Waals surface area contributed by atoms with Gasteiger partial charge in [-0.05, 0) is 44.6 Å². The summed E-state index contributed by atoms with van der Waals surface area (Å²) >= 11 is 0. The van der Waals surface area contributed by atoms with Crippen LogP contribution in [-0.2, 0) is 4.74 Å². The van der Waals surface area contributed by atoms with Gasteiger partial charge < -0.3 is 10.1 Å². The number of rotatable bonds is 5. The van der Waals surface area contributed by atoms with Gasteiger partial charge >= 0.3 is 0 Å². The van der Waals surface area contributed by atoms with Gasteiger partial charge in [0, 0.05) is 13.7 Å². The second-order valence-corrected chi connectivity index (χ2v) is 4.31. The highest BCUT2D eigenvalue weighted by Gasteiger charge is 2.36. The number of methoxy groups -OCH3 is 1. The molecule has 0 aliphatic heterocycles. The summed E-state index contributed by atoms with van der Waals surface area (Å²) in [5, 5.41) is 3.52. The second kappa shape index (κ2) is 3.35. The molecule has 2 heteroatoms. The third-order valence-corrected chi connectivity index (χ3v) is 3.27.